The van der Waals surface area contributed by atoms with Crippen LogP contribution in [0.3, 0.4) is 0 Å². The van der Waals surface area contributed by atoms with E-state index in [4.69, 9.17) is 4.74 Å². The molecular formula is C12H16BrNO3S. The van der Waals surface area contributed by atoms with Crippen molar-refractivity contribution in [3.63, 3.8) is 0 Å². The Morgan fingerprint density at radius 2 is 2.06 bits per heavy atom. The van der Waals surface area contributed by atoms with Crippen LogP contribution in [0.25, 0.3) is 0 Å². The summed E-state index contributed by atoms with van der Waals surface area (Å²) in [5.74, 6) is 0. The second-order valence-corrected chi connectivity index (χ2v) is 6.82. The monoisotopic (exact) mass is 333 g/mol. The average Bonchev–Trinajstić information content (AvgIpc) is 2.39. The van der Waals surface area contributed by atoms with Gasteiger partial charge in [-0.2, -0.15) is 4.31 Å². The lowest BCUT2D eigenvalue weighted by atomic mass is 10.2. The van der Waals surface area contributed by atoms with Crippen LogP contribution < -0.4 is 0 Å². The van der Waals surface area contributed by atoms with Crippen molar-refractivity contribution in [1.82, 2.24) is 4.31 Å². The number of ether oxygens (including phenoxy) is 1. The zero-order valence-electron chi connectivity index (χ0n) is 10.2. The first-order valence-corrected chi connectivity index (χ1v) is 8.37. The van der Waals surface area contributed by atoms with Crippen LogP contribution in [-0.4, -0.2) is 38.5 Å². The van der Waals surface area contributed by atoms with Crippen molar-refractivity contribution in [2.45, 2.75) is 23.3 Å². The van der Waals surface area contributed by atoms with E-state index in [0.717, 1.165) is 10.9 Å². The van der Waals surface area contributed by atoms with Crippen molar-refractivity contribution >= 4 is 26.0 Å². The van der Waals surface area contributed by atoms with Crippen LogP contribution in [0.5, 0.6) is 0 Å². The van der Waals surface area contributed by atoms with Crippen LogP contribution in [0.1, 0.15) is 12.5 Å². The van der Waals surface area contributed by atoms with Crippen LogP contribution in [-0.2, 0) is 20.1 Å². The van der Waals surface area contributed by atoms with Gasteiger partial charge in [0.1, 0.15) is 0 Å². The molecule has 1 atom stereocenters. The first kappa shape index (κ1) is 14.0. The van der Waals surface area contributed by atoms with Crippen molar-refractivity contribution in [2.24, 2.45) is 0 Å². The van der Waals surface area contributed by atoms with Gasteiger partial charge in [-0.3, -0.25) is 0 Å². The Morgan fingerprint density at radius 3 is 2.61 bits per heavy atom. The Balaban J connectivity index is 2.23. The maximum atomic E-state index is 12.4. The molecule has 18 heavy (non-hydrogen) atoms. The molecule has 1 saturated heterocycles. The lowest BCUT2D eigenvalue weighted by Gasteiger charge is -2.30. The van der Waals surface area contributed by atoms with Gasteiger partial charge in [0, 0.05) is 18.4 Å². The molecule has 6 heteroatoms. The number of hydrogen-bond donors (Lipinski definition) is 0. The van der Waals surface area contributed by atoms with E-state index in [0.29, 0.717) is 24.6 Å². The molecule has 1 aromatic rings. The molecule has 0 saturated carbocycles. The fraction of sp³-hybridized carbons (Fsp3) is 0.500. The molecule has 0 spiro atoms. The zero-order valence-corrected chi connectivity index (χ0v) is 12.6. The van der Waals surface area contributed by atoms with Crippen molar-refractivity contribution in [3.8, 4) is 0 Å². The van der Waals surface area contributed by atoms with Crippen molar-refractivity contribution in [2.75, 3.05) is 19.7 Å². The molecule has 1 aliphatic rings. The Bertz CT molecular complexity index is 501. The molecule has 0 amide bonds. The summed E-state index contributed by atoms with van der Waals surface area (Å²) in [6.45, 7) is 3.19. The maximum Gasteiger partial charge on any atom is 0.243 e. The molecule has 100 valence electrons. The van der Waals surface area contributed by atoms with Gasteiger partial charge in [-0.25, -0.2) is 8.42 Å². The smallest absolute Gasteiger partial charge is 0.243 e. The van der Waals surface area contributed by atoms with Gasteiger partial charge in [0.25, 0.3) is 0 Å². The van der Waals surface area contributed by atoms with Gasteiger partial charge in [-0.05, 0) is 24.6 Å². The molecule has 1 aromatic carbocycles. The average molecular weight is 334 g/mol. The van der Waals surface area contributed by atoms with E-state index in [-0.39, 0.29) is 6.10 Å². The Morgan fingerprint density at radius 1 is 1.39 bits per heavy atom. The highest BCUT2D eigenvalue weighted by Crippen LogP contribution is 2.19. The van der Waals surface area contributed by atoms with Crippen molar-refractivity contribution in [3.05, 3.63) is 29.8 Å². The van der Waals surface area contributed by atoms with E-state index in [1.54, 1.807) is 12.1 Å². The van der Waals surface area contributed by atoms with E-state index in [2.05, 4.69) is 15.9 Å². The van der Waals surface area contributed by atoms with Gasteiger partial charge in [0.05, 0.1) is 17.6 Å². The Kier molecular flexibility index (Phi) is 4.42. The lowest BCUT2D eigenvalue weighted by molar-refractivity contribution is 0.0102. The van der Waals surface area contributed by atoms with Gasteiger partial charge in [0.2, 0.25) is 10.0 Å². The van der Waals surface area contributed by atoms with E-state index in [1.165, 1.54) is 4.31 Å². The maximum absolute atomic E-state index is 12.4. The summed E-state index contributed by atoms with van der Waals surface area (Å²) in [6.07, 6.45) is -0.0460. The summed E-state index contributed by atoms with van der Waals surface area (Å²) in [4.78, 5) is 0.348. The topological polar surface area (TPSA) is 46.6 Å². The van der Waals surface area contributed by atoms with Crippen LogP contribution in [0, 0.1) is 0 Å². The fourth-order valence-electron chi connectivity index (χ4n) is 1.90. The number of rotatable bonds is 3. The molecule has 0 aliphatic carbocycles. The SMILES string of the molecule is CC1CN(S(=O)(=O)c2ccc(CBr)cc2)CCO1. The predicted octanol–water partition coefficient (Wildman–Crippen LogP) is 1.99. The molecule has 0 N–H and O–H groups in total. The van der Waals surface area contributed by atoms with Gasteiger partial charge in [-0.15, -0.1) is 0 Å². The Labute approximate surface area is 116 Å². The molecule has 1 fully saturated rings. The highest BCUT2D eigenvalue weighted by molar-refractivity contribution is 9.08. The second kappa shape index (κ2) is 5.69. The molecule has 0 aromatic heterocycles. The van der Waals surface area contributed by atoms with Crippen LogP contribution >= 0.6 is 15.9 Å². The fourth-order valence-corrected chi connectivity index (χ4v) is 3.78. The normalized spacial score (nSPS) is 22.0. The largest absolute Gasteiger partial charge is 0.376 e. The quantitative estimate of drug-likeness (QED) is 0.795. The van der Waals surface area contributed by atoms with Gasteiger partial charge in [-0.1, -0.05) is 28.1 Å². The van der Waals surface area contributed by atoms with E-state index in [1.807, 2.05) is 19.1 Å². The third-order valence-electron chi connectivity index (χ3n) is 2.92. The van der Waals surface area contributed by atoms with Gasteiger partial charge < -0.3 is 4.74 Å². The van der Waals surface area contributed by atoms with Gasteiger partial charge in [0.15, 0.2) is 0 Å². The van der Waals surface area contributed by atoms with Crippen molar-refractivity contribution < 1.29 is 13.2 Å². The van der Waals surface area contributed by atoms with Crippen LogP contribution in [0.15, 0.2) is 29.2 Å². The highest BCUT2D eigenvalue weighted by atomic mass is 79.9. The molecule has 0 bridgehead atoms. The minimum absolute atomic E-state index is 0.0460. The summed E-state index contributed by atoms with van der Waals surface area (Å²) in [5.41, 5.74) is 1.06. The minimum atomic E-state index is -3.38. The number of nitrogens with zero attached hydrogens (tertiary/aromatic N) is 1. The summed E-state index contributed by atoms with van der Waals surface area (Å²) in [7, 11) is -3.38. The van der Waals surface area contributed by atoms with E-state index < -0.39 is 10.0 Å². The third kappa shape index (κ3) is 2.93. The number of benzene rings is 1. The molecule has 1 aliphatic heterocycles. The summed E-state index contributed by atoms with van der Waals surface area (Å²) >= 11 is 3.34. The molecule has 0 radical (unpaired) electrons. The van der Waals surface area contributed by atoms with Gasteiger partial charge >= 0.3 is 0 Å². The molecule has 4 nitrogen and oxygen atoms in total. The number of alkyl halides is 1. The lowest BCUT2D eigenvalue weighted by Crippen LogP contribution is -2.44. The number of sulfonamides is 1. The highest BCUT2D eigenvalue weighted by Gasteiger charge is 2.28. The van der Waals surface area contributed by atoms with E-state index >= 15 is 0 Å². The summed E-state index contributed by atoms with van der Waals surface area (Å²) in [6, 6.07) is 6.97. The Hall–Kier alpha value is -0.430. The van der Waals surface area contributed by atoms with Crippen LogP contribution in [0.2, 0.25) is 0 Å². The van der Waals surface area contributed by atoms with E-state index in [9.17, 15) is 8.42 Å². The van der Waals surface area contributed by atoms with Crippen LogP contribution in [0.4, 0.5) is 0 Å². The number of hydrogen-bond acceptors (Lipinski definition) is 3. The first-order valence-electron chi connectivity index (χ1n) is 5.80. The zero-order chi connectivity index (χ0) is 13.2. The third-order valence-corrected chi connectivity index (χ3v) is 5.45. The standard InChI is InChI=1S/C12H16BrNO3S/c1-10-9-14(6-7-17-10)18(15,16)12-4-2-11(8-13)3-5-12/h2-5,10H,6-9H2,1H3. The molecule has 2 rings (SSSR count). The predicted molar refractivity (Wildman–Crippen MR) is 73.2 cm³/mol. The summed E-state index contributed by atoms with van der Waals surface area (Å²) in [5, 5.41) is 0.724. The number of halogens is 1. The summed E-state index contributed by atoms with van der Waals surface area (Å²) < 4.78 is 31.6. The molecular weight excluding hydrogens is 318 g/mol. The minimum Gasteiger partial charge on any atom is -0.376 e. The second-order valence-electron chi connectivity index (χ2n) is 4.32. The first-order chi connectivity index (χ1) is 8.54. The van der Waals surface area contributed by atoms with Crippen molar-refractivity contribution in [1.29, 1.82) is 0 Å². The molecule has 1 heterocycles. The molecule has 1 unspecified atom stereocenters. The number of morpholine rings is 1.